The maximum atomic E-state index is 12.5. The Balaban J connectivity index is 2.44. The van der Waals surface area contributed by atoms with Crippen LogP contribution >= 0.6 is 0 Å². The van der Waals surface area contributed by atoms with Crippen LogP contribution in [-0.4, -0.2) is 4.98 Å². The summed E-state index contributed by atoms with van der Waals surface area (Å²) in [6.45, 7) is 0. The van der Waals surface area contributed by atoms with Crippen LogP contribution in [-0.2, 0) is 5.54 Å². The second-order valence-electron chi connectivity index (χ2n) is 3.40. The molecule has 0 atom stereocenters. The van der Waals surface area contributed by atoms with Gasteiger partial charge in [-0.1, -0.05) is 0 Å². The zero-order valence-electron chi connectivity index (χ0n) is 7.00. The number of pyridine rings is 1. The van der Waals surface area contributed by atoms with E-state index in [1.165, 1.54) is 18.3 Å². The van der Waals surface area contributed by atoms with Crippen molar-refractivity contribution < 1.29 is 8.78 Å². The summed E-state index contributed by atoms with van der Waals surface area (Å²) in [4.78, 5) is 3.93. The summed E-state index contributed by atoms with van der Waals surface area (Å²) in [6, 6.07) is 2.90. The normalized spacial score (nSPS) is 19.1. The molecule has 1 saturated carbocycles. The molecule has 1 aliphatic carbocycles. The van der Waals surface area contributed by atoms with E-state index in [-0.39, 0.29) is 5.56 Å². The molecule has 1 aromatic heterocycles. The second kappa shape index (κ2) is 2.73. The molecule has 1 fully saturated rings. The van der Waals surface area contributed by atoms with Crippen LogP contribution < -0.4 is 5.73 Å². The molecule has 13 heavy (non-hydrogen) atoms. The molecule has 0 radical (unpaired) electrons. The van der Waals surface area contributed by atoms with Crippen molar-refractivity contribution in [1.29, 1.82) is 0 Å². The molecule has 2 N–H and O–H groups in total. The second-order valence-corrected chi connectivity index (χ2v) is 3.40. The lowest BCUT2D eigenvalue weighted by Gasteiger charge is -2.12. The molecule has 1 aliphatic rings. The average molecular weight is 184 g/mol. The van der Waals surface area contributed by atoms with Gasteiger partial charge in [-0.3, -0.25) is 4.98 Å². The number of hydrogen-bond donors (Lipinski definition) is 1. The zero-order chi connectivity index (χ0) is 9.47. The fraction of sp³-hybridized carbons (Fsp3) is 0.444. The van der Waals surface area contributed by atoms with Gasteiger partial charge in [0.05, 0.1) is 11.2 Å². The molecule has 2 nitrogen and oxygen atoms in total. The Morgan fingerprint density at radius 2 is 2.15 bits per heavy atom. The molecule has 0 bridgehead atoms. The fourth-order valence-corrected chi connectivity index (χ4v) is 1.38. The summed E-state index contributed by atoms with van der Waals surface area (Å²) in [5.74, 6) is 0. The third-order valence-electron chi connectivity index (χ3n) is 2.33. The molecule has 0 saturated heterocycles. The number of nitrogens with two attached hydrogens (primary N) is 1. The highest BCUT2D eigenvalue weighted by Gasteiger charge is 2.43. The van der Waals surface area contributed by atoms with E-state index in [9.17, 15) is 8.78 Å². The first-order valence-corrected chi connectivity index (χ1v) is 4.16. The number of alkyl halides is 2. The van der Waals surface area contributed by atoms with Crippen LogP contribution in [0.3, 0.4) is 0 Å². The standard InChI is InChI=1S/C9H10F2N2/c10-8(11)6-2-1-5-13-7(6)9(12)3-4-9/h1-2,5,8H,3-4,12H2. The summed E-state index contributed by atoms with van der Waals surface area (Å²) in [6.07, 6.45) is 0.534. The Bertz CT molecular complexity index is 321. The van der Waals surface area contributed by atoms with E-state index in [0.29, 0.717) is 5.69 Å². The maximum Gasteiger partial charge on any atom is 0.265 e. The minimum Gasteiger partial charge on any atom is -0.320 e. The Labute approximate surface area is 74.8 Å². The Kier molecular flexibility index (Phi) is 1.80. The van der Waals surface area contributed by atoms with Crippen molar-refractivity contribution >= 4 is 0 Å². The maximum absolute atomic E-state index is 12.5. The highest BCUT2D eigenvalue weighted by Crippen LogP contribution is 2.44. The number of hydrogen-bond acceptors (Lipinski definition) is 2. The van der Waals surface area contributed by atoms with Crippen LogP contribution in [0.2, 0.25) is 0 Å². The molecule has 0 aromatic carbocycles. The number of rotatable bonds is 2. The first-order valence-electron chi connectivity index (χ1n) is 4.16. The molecule has 1 aromatic rings. The third-order valence-corrected chi connectivity index (χ3v) is 2.33. The van der Waals surface area contributed by atoms with Crippen molar-refractivity contribution in [2.45, 2.75) is 24.8 Å². The first kappa shape index (κ1) is 8.56. The molecular formula is C9H10F2N2. The molecular weight excluding hydrogens is 174 g/mol. The van der Waals surface area contributed by atoms with Gasteiger partial charge in [-0.05, 0) is 25.0 Å². The number of aromatic nitrogens is 1. The summed E-state index contributed by atoms with van der Waals surface area (Å²) in [7, 11) is 0. The molecule has 4 heteroatoms. The van der Waals surface area contributed by atoms with Crippen LogP contribution in [0.1, 0.15) is 30.5 Å². The predicted octanol–water partition coefficient (Wildman–Crippen LogP) is 1.97. The van der Waals surface area contributed by atoms with Crippen molar-refractivity contribution in [2.75, 3.05) is 0 Å². The van der Waals surface area contributed by atoms with Crippen LogP contribution in [0.25, 0.3) is 0 Å². The quantitative estimate of drug-likeness (QED) is 0.763. The van der Waals surface area contributed by atoms with Gasteiger partial charge in [0.25, 0.3) is 6.43 Å². The van der Waals surface area contributed by atoms with Gasteiger partial charge in [0, 0.05) is 11.8 Å². The fourth-order valence-electron chi connectivity index (χ4n) is 1.38. The minimum atomic E-state index is -2.48. The smallest absolute Gasteiger partial charge is 0.265 e. The number of nitrogens with zero attached hydrogens (tertiary/aromatic N) is 1. The van der Waals surface area contributed by atoms with E-state index in [1.807, 2.05) is 0 Å². The van der Waals surface area contributed by atoms with Crippen molar-refractivity contribution in [3.8, 4) is 0 Å². The summed E-state index contributed by atoms with van der Waals surface area (Å²) in [5, 5.41) is 0. The van der Waals surface area contributed by atoms with Gasteiger partial charge in [0.15, 0.2) is 0 Å². The van der Waals surface area contributed by atoms with Crippen LogP contribution in [0, 0.1) is 0 Å². The monoisotopic (exact) mass is 184 g/mol. The molecule has 0 spiro atoms. The number of halogens is 2. The predicted molar refractivity (Wildman–Crippen MR) is 44.3 cm³/mol. The van der Waals surface area contributed by atoms with Crippen molar-refractivity contribution in [1.82, 2.24) is 4.98 Å². The zero-order valence-corrected chi connectivity index (χ0v) is 7.00. The topological polar surface area (TPSA) is 38.9 Å². The van der Waals surface area contributed by atoms with Gasteiger partial charge in [-0.25, -0.2) is 8.78 Å². The Morgan fingerprint density at radius 1 is 1.46 bits per heavy atom. The molecule has 2 rings (SSSR count). The van der Waals surface area contributed by atoms with E-state index in [2.05, 4.69) is 4.98 Å². The van der Waals surface area contributed by atoms with Gasteiger partial charge in [-0.2, -0.15) is 0 Å². The lowest BCUT2D eigenvalue weighted by Crippen LogP contribution is -2.22. The first-order chi connectivity index (χ1) is 6.13. The third kappa shape index (κ3) is 1.42. The Morgan fingerprint density at radius 3 is 2.69 bits per heavy atom. The highest BCUT2D eigenvalue weighted by molar-refractivity contribution is 5.31. The van der Waals surface area contributed by atoms with Crippen LogP contribution in [0.4, 0.5) is 8.78 Å². The minimum absolute atomic E-state index is 0.0255. The van der Waals surface area contributed by atoms with E-state index in [0.717, 1.165) is 12.8 Å². The highest BCUT2D eigenvalue weighted by atomic mass is 19.3. The van der Waals surface area contributed by atoms with Gasteiger partial charge in [0.1, 0.15) is 0 Å². The van der Waals surface area contributed by atoms with Gasteiger partial charge >= 0.3 is 0 Å². The SMILES string of the molecule is NC1(c2ncccc2C(F)F)CC1. The molecule has 0 amide bonds. The van der Waals surface area contributed by atoms with E-state index in [4.69, 9.17) is 5.73 Å². The van der Waals surface area contributed by atoms with Crippen molar-refractivity contribution in [2.24, 2.45) is 5.73 Å². The summed E-state index contributed by atoms with van der Waals surface area (Å²) >= 11 is 0. The van der Waals surface area contributed by atoms with Gasteiger partial charge in [0.2, 0.25) is 0 Å². The van der Waals surface area contributed by atoms with Crippen molar-refractivity contribution in [3.05, 3.63) is 29.6 Å². The largest absolute Gasteiger partial charge is 0.320 e. The molecule has 0 aliphatic heterocycles. The van der Waals surface area contributed by atoms with E-state index >= 15 is 0 Å². The van der Waals surface area contributed by atoms with Gasteiger partial charge in [-0.15, -0.1) is 0 Å². The average Bonchev–Trinajstić information content (AvgIpc) is 2.85. The van der Waals surface area contributed by atoms with Crippen LogP contribution in [0.15, 0.2) is 18.3 Å². The summed E-state index contributed by atoms with van der Waals surface area (Å²) in [5.41, 5.74) is 5.57. The van der Waals surface area contributed by atoms with E-state index in [1.54, 1.807) is 0 Å². The van der Waals surface area contributed by atoms with Crippen LogP contribution in [0.5, 0.6) is 0 Å². The molecule has 1 heterocycles. The molecule has 70 valence electrons. The molecule has 0 unspecified atom stereocenters. The Hall–Kier alpha value is -1.03. The lowest BCUT2D eigenvalue weighted by molar-refractivity contribution is 0.148. The van der Waals surface area contributed by atoms with Gasteiger partial charge < -0.3 is 5.73 Å². The van der Waals surface area contributed by atoms with Crippen molar-refractivity contribution in [3.63, 3.8) is 0 Å². The lowest BCUT2D eigenvalue weighted by atomic mass is 10.1. The summed E-state index contributed by atoms with van der Waals surface area (Å²) < 4.78 is 25.0. The van der Waals surface area contributed by atoms with E-state index < -0.39 is 12.0 Å².